The summed E-state index contributed by atoms with van der Waals surface area (Å²) in [6, 6.07) is 2.02. The second-order valence-corrected chi connectivity index (χ2v) is 4.64. The van der Waals surface area contributed by atoms with Crippen molar-refractivity contribution in [2.24, 2.45) is 0 Å². The van der Waals surface area contributed by atoms with Crippen LogP contribution >= 0.6 is 11.6 Å². The van der Waals surface area contributed by atoms with Crippen LogP contribution in [0.2, 0.25) is 5.02 Å². The molecular formula is C11H11ClFN3O3. The van der Waals surface area contributed by atoms with E-state index in [2.05, 4.69) is 10.6 Å². The van der Waals surface area contributed by atoms with Crippen LogP contribution in [0.15, 0.2) is 12.1 Å². The number of anilines is 1. The molecule has 0 atom stereocenters. The Hall–Kier alpha value is -1.89. The zero-order chi connectivity index (χ0) is 14.0. The molecule has 1 fully saturated rings. The topological polar surface area (TPSA) is 84.3 Å². The maximum atomic E-state index is 13.3. The maximum Gasteiger partial charge on any atom is 0.294 e. The van der Waals surface area contributed by atoms with Crippen molar-refractivity contribution in [1.82, 2.24) is 5.32 Å². The Labute approximate surface area is 113 Å². The summed E-state index contributed by atoms with van der Waals surface area (Å²) in [5.41, 5.74) is -0.441. The van der Waals surface area contributed by atoms with Gasteiger partial charge >= 0.3 is 0 Å². The Morgan fingerprint density at radius 2 is 2.21 bits per heavy atom. The molecule has 1 saturated carbocycles. The monoisotopic (exact) mass is 287 g/mol. The second-order valence-electron chi connectivity index (χ2n) is 4.24. The van der Waals surface area contributed by atoms with Gasteiger partial charge in [0.25, 0.3) is 5.69 Å². The van der Waals surface area contributed by atoms with Gasteiger partial charge in [-0.25, -0.2) is 4.39 Å². The Kier molecular flexibility index (Phi) is 3.84. The first kappa shape index (κ1) is 13.5. The van der Waals surface area contributed by atoms with Gasteiger partial charge in [0.05, 0.1) is 16.5 Å². The summed E-state index contributed by atoms with van der Waals surface area (Å²) in [6.45, 7) is -0.154. The van der Waals surface area contributed by atoms with Crippen LogP contribution < -0.4 is 10.6 Å². The molecule has 2 N–H and O–H groups in total. The van der Waals surface area contributed by atoms with E-state index in [1.807, 2.05) is 0 Å². The minimum Gasteiger partial charge on any atom is -0.370 e. The van der Waals surface area contributed by atoms with Crippen LogP contribution in [-0.4, -0.2) is 23.4 Å². The van der Waals surface area contributed by atoms with Crippen molar-refractivity contribution in [3.05, 3.63) is 33.1 Å². The Balaban J connectivity index is 2.07. The predicted molar refractivity (Wildman–Crippen MR) is 67.7 cm³/mol. The van der Waals surface area contributed by atoms with Gasteiger partial charge in [-0.2, -0.15) is 0 Å². The van der Waals surface area contributed by atoms with Crippen LogP contribution in [0.3, 0.4) is 0 Å². The predicted octanol–water partition coefficient (Wildman–Crippen LogP) is 2.08. The highest BCUT2D eigenvalue weighted by Crippen LogP contribution is 2.30. The number of nitrogens with one attached hydrogen (secondary N) is 2. The fourth-order valence-corrected chi connectivity index (χ4v) is 1.67. The van der Waals surface area contributed by atoms with Crippen molar-refractivity contribution in [2.75, 3.05) is 11.9 Å². The Morgan fingerprint density at radius 1 is 1.53 bits per heavy atom. The van der Waals surface area contributed by atoms with E-state index < -0.39 is 10.7 Å². The van der Waals surface area contributed by atoms with Crippen molar-refractivity contribution in [3.63, 3.8) is 0 Å². The van der Waals surface area contributed by atoms with E-state index in [0.29, 0.717) is 0 Å². The van der Waals surface area contributed by atoms with E-state index in [9.17, 15) is 19.3 Å². The summed E-state index contributed by atoms with van der Waals surface area (Å²) in [5.74, 6) is -1.07. The molecule has 0 unspecified atom stereocenters. The lowest BCUT2D eigenvalue weighted by molar-refractivity contribution is -0.384. The van der Waals surface area contributed by atoms with Gasteiger partial charge < -0.3 is 10.6 Å². The fourth-order valence-electron chi connectivity index (χ4n) is 1.51. The van der Waals surface area contributed by atoms with Crippen LogP contribution in [0, 0.1) is 15.9 Å². The zero-order valence-electron chi connectivity index (χ0n) is 9.78. The average Bonchev–Trinajstić information content (AvgIpc) is 3.13. The summed E-state index contributed by atoms with van der Waals surface area (Å²) in [6.07, 6.45) is 1.89. The number of rotatable bonds is 5. The molecule has 102 valence electrons. The lowest BCUT2D eigenvalue weighted by Gasteiger charge is -2.08. The van der Waals surface area contributed by atoms with Gasteiger partial charge in [0, 0.05) is 18.2 Å². The van der Waals surface area contributed by atoms with E-state index in [1.165, 1.54) is 0 Å². The number of benzene rings is 1. The quantitative estimate of drug-likeness (QED) is 0.641. The van der Waals surface area contributed by atoms with Gasteiger partial charge in [-0.1, -0.05) is 11.6 Å². The molecule has 0 aromatic heterocycles. The number of nitro groups is 1. The first-order valence-electron chi connectivity index (χ1n) is 5.64. The summed E-state index contributed by atoms with van der Waals surface area (Å²) in [7, 11) is 0. The molecule has 0 bridgehead atoms. The van der Waals surface area contributed by atoms with Gasteiger partial charge in [-0.3, -0.25) is 14.9 Å². The Morgan fingerprint density at radius 3 is 2.79 bits per heavy atom. The molecule has 0 saturated heterocycles. The highest BCUT2D eigenvalue weighted by atomic mass is 35.5. The van der Waals surface area contributed by atoms with Crippen LogP contribution in [-0.2, 0) is 4.79 Å². The summed E-state index contributed by atoms with van der Waals surface area (Å²) in [4.78, 5) is 21.6. The van der Waals surface area contributed by atoms with Gasteiger partial charge in [-0.15, -0.1) is 0 Å². The molecule has 19 heavy (non-hydrogen) atoms. The summed E-state index contributed by atoms with van der Waals surface area (Å²) < 4.78 is 13.3. The molecule has 1 aromatic carbocycles. The highest BCUT2D eigenvalue weighted by Gasteiger charge is 2.23. The molecule has 0 aliphatic heterocycles. The summed E-state index contributed by atoms with van der Waals surface area (Å²) >= 11 is 5.48. The highest BCUT2D eigenvalue weighted by molar-refractivity contribution is 6.31. The largest absolute Gasteiger partial charge is 0.370 e. The molecule has 0 radical (unpaired) electrons. The van der Waals surface area contributed by atoms with Crippen molar-refractivity contribution in [3.8, 4) is 0 Å². The summed E-state index contributed by atoms with van der Waals surface area (Å²) in [5, 5.41) is 15.7. The van der Waals surface area contributed by atoms with Crippen molar-refractivity contribution >= 4 is 28.9 Å². The van der Waals surface area contributed by atoms with Gasteiger partial charge in [0.2, 0.25) is 5.91 Å². The first-order valence-corrected chi connectivity index (χ1v) is 6.02. The molecule has 0 spiro atoms. The molecule has 8 heteroatoms. The van der Waals surface area contributed by atoms with Crippen molar-refractivity contribution in [2.45, 2.75) is 18.9 Å². The molecule has 1 aromatic rings. The van der Waals surface area contributed by atoms with Crippen molar-refractivity contribution < 1.29 is 14.1 Å². The molecule has 1 aliphatic rings. The smallest absolute Gasteiger partial charge is 0.294 e. The van der Waals surface area contributed by atoms with Crippen LogP contribution in [0.1, 0.15) is 12.8 Å². The van der Waals surface area contributed by atoms with Crippen LogP contribution in [0.5, 0.6) is 0 Å². The van der Waals surface area contributed by atoms with Crippen molar-refractivity contribution in [1.29, 1.82) is 0 Å². The standard InChI is InChI=1S/C11H11ClFN3O3/c12-7-3-10(16(18)19)9(4-8(7)13)14-5-11(17)15-6-1-2-6/h3-4,6,14H,1-2,5H2,(H,15,17). The zero-order valence-corrected chi connectivity index (χ0v) is 10.5. The van der Waals surface area contributed by atoms with E-state index in [-0.39, 0.29) is 34.9 Å². The van der Waals surface area contributed by atoms with E-state index in [0.717, 1.165) is 25.0 Å². The van der Waals surface area contributed by atoms with Crippen LogP contribution in [0.4, 0.5) is 15.8 Å². The third-order valence-corrected chi connectivity index (χ3v) is 2.91. The SMILES string of the molecule is O=C(CNc1cc(F)c(Cl)cc1[N+](=O)[O-])NC1CC1. The number of carbonyl (C=O) groups excluding carboxylic acids is 1. The van der Waals surface area contributed by atoms with E-state index >= 15 is 0 Å². The maximum absolute atomic E-state index is 13.3. The number of amides is 1. The number of nitro benzene ring substituents is 1. The Bertz CT molecular complexity index is 534. The third kappa shape index (κ3) is 3.54. The van der Waals surface area contributed by atoms with Crippen LogP contribution in [0.25, 0.3) is 0 Å². The molecule has 1 aliphatic carbocycles. The minimum atomic E-state index is -0.780. The first-order chi connectivity index (χ1) is 8.97. The number of hydrogen-bond acceptors (Lipinski definition) is 4. The number of carbonyl (C=O) groups is 1. The molecule has 6 nitrogen and oxygen atoms in total. The fraction of sp³-hybridized carbons (Fsp3) is 0.364. The average molecular weight is 288 g/mol. The number of nitrogens with zero attached hydrogens (tertiary/aromatic N) is 1. The van der Waals surface area contributed by atoms with Gasteiger partial charge in [-0.05, 0) is 12.8 Å². The third-order valence-electron chi connectivity index (χ3n) is 2.62. The second kappa shape index (κ2) is 5.40. The molecular weight excluding hydrogens is 277 g/mol. The molecule has 2 rings (SSSR count). The van der Waals surface area contributed by atoms with E-state index in [1.54, 1.807) is 0 Å². The minimum absolute atomic E-state index is 0.0714. The number of hydrogen-bond donors (Lipinski definition) is 2. The van der Waals surface area contributed by atoms with Gasteiger partial charge in [0.1, 0.15) is 11.5 Å². The lowest BCUT2D eigenvalue weighted by atomic mass is 10.2. The normalized spacial score (nSPS) is 14.0. The van der Waals surface area contributed by atoms with E-state index in [4.69, 9.17) is 11.6 Å². The molecule has 1 amide bonds. The molecule has 0 heterocycles. The van der Waals surface area contributed by atoms with Gasteiger partial charge in [0.15, 0.2) is 0 Å². The lowest BCUT2D eigenvalue weighted by Crippen LogP contribution is -2.31. The number of halogens is 2.